The van der Waals surface area contributed by atoms with Crippen molar-refractivity contribution >= 4 is 16.8 Å². The molecule has 0 fully saturated rings. The van der Waals surface area contributed by atoms with E-state index < -0.39 is 0 Å². The van der Waals surface area contributed by atoms with Gasteiger partial charge in [-0.15, -0.1) is 0 Å². The molecule has 0 aliphatic carbocycles. The van der Waals surface area contributed by atoms with E-state index in [2.05, 4.69) is 11.1 Å². The molecular weight excluding hydrogens is 328 g/mol. The third-order valence-corrected chi connectivity index (χ3v) is 4.46. The summed E-state index contributed by atoms with van der Waals surface area (Å²) in [6.07, 6.45) is 3.21. The number of hydrogen-bond acceptors (Lipinski definition) is 3. The number of aryl methyl sites for hydroxylation is 1. The van der Waals surface area contributed by atoms with Gasteiger partial charge in [0.05, 0.1) is 13.7 Å². The van der Waals surface area contributed by atoms with Crippen LogP contribution < -0.4 is 9.47 Å². The zero-order valence-electron chi connectivity index (χ0n) is 15.2. The molecular formula is C21H24N2O3. The van der Waals surface area contributed by atoms with Gasteiger partial charge in [-0.3, -0.25) is 4.79 Å². The van der Waals surface area contributed by atoms with Crippen LogP contribution in [0.15, 0.2) is 54.7 Å². The maximum atomic E-state index is 12.3. The van der Waals surface area contributed by atoms with Gasteiger partial charge in [0.2, 0.25) is 5.91 Å². The number of hydrogen-bond donors (Lipinski definition) is 1. The minimum Gasteiger partial charge on any atom is -0.497 e. The van der Waals surface area contributed by atoms with Gasteiger partial charge >= 0.3 is 0 Å². The van der Waals surface area contributed by atoms with Crippen LogP contribution in [0.2, 0.25) is 0 Å². The first-order chi connectivity index (χ1) is 12.7. The average molecular weight is 352 g/mol. The highest BCUT2D eigenvalue weighted by molar-refractivity contribution is 5.84. The number of nitrogens with zero attached hydrogens (tertiary/aromatic N) is 1. The Kier molecular flexibility index (Phi) is 5.79. The van der Waals surface area contributed by atoms with Gasteiger partial charge in [0, 0.05) is 30.6 Å². The molecule has 0 unspecified atom stereocenters. The molecule has 0 aliphatic rings. The Hall–Kier alpha value is -2.95. The van der Waals surface area contributed by atoms with Gasteiger partial charge in [0.25, 0.3) is 0 Å². The lowest BCUT2D eigenvalue weighted by atomic mass is 10.1. The summed E-state index contributed by atoms with van der Waals surface area (Å²) in [6, 6.07) is 15.6. The van der Waals surface area contributed by atoms with Crippen LogP contribution in [-0.2, 0) is 11.2 Å². The van der Waals surface area contributed by atoms with Gasteiger partial charge in [-0.2, -0.15) is 0 Å². The van der Waals surface area contributed by atoms with Crippen molar-refractivity contribution in [2.24, 2.45) is 0 Å². The number of benzene rings is 2. The molecule has 0 bridgehead atoms. The SMILES string of the molecule is COc1ccc(OCCN(C)C(=O)CCc2c[nH]c3ccccc23)cc1. The number of H-pyrrole nitrogens is 1. The summed E-state index contributed by atoms with van der Waals surface area (Å²) in [5.41, 5.74) is 2.29. The molecule has 5 nitrogen and oxygen atoms in total. The van der Waals surface area contributed by atoms with Crippen molar-refractivity contribution in [2.75, 3.05) is 27.3 Å². The number of aromatic nitrogens is 1. The number of fused-ring (bicyclic) bond motifs is 1. The molecule has 1 N–H and O–H groups in total. The van der Waals surface area contributed by atoms with Crippen molar-refractivity contribution < 1.29 is 14.3 Å². The van der Waals surface area contributed by atoms with E-state index in [-0.39, 0.29) is 5.91 Å². The maximum absolute atomic E-state index is 12.3. The minimum atomic E-state index is 0.119. The van der Waals surface area contributed by atoms with Gasteiger partial charge in [-0.05, 0) is 42.3 Å². The normalized spacial score (nSPS) is 10.7. The van der Waals surface area contributed by atoms with E-state index in [1.54, 1.807) is 12.0 Å². The summed E-state index contributed by atoms with van der Waals surface area (Å²) >= 11 is 0. The molecule has 3 aromatic rings. The number of likely N-dealkylation sites (N-methyl/N-ethyl adjacent to an activating group) is 1. The Balaban J connectivity index is 1.44. The highest BCUT2D eigenvalue weighted by Gasteiger charge is 2.11. The summed E-state index contributed by atoms with van der Waals surface area (Å²) in [6.45, 7) is 1.01. The van der Waals surface area contributed by atoms with Crippen LogP contribution in [0.25, 0.3) is 10.9 Å². The van der Waals surface area contributed by atoms with Gasteiger partial charge in [0.15, 0.2) is 0 Å². The summed E-state index contributed by atoms with van der Waals surface area (Å²) in [4.78, 5) is 17.3. The van der Waals surface area contributed by atoms with Crippen LogP contribution in [0.3, 0.4) is 0 Å². The van der Waals surface area contributed by atoms with Crippen molar-refractivity contribution in [2.45, 2.75) is 12.8 Å². The fraction of sp³-hybridized carbons (Fsp3) is 0.286. The molecule has 0 saturated carbocycles. The summed E-state index contributed by atoms with van der Waals surface area (Å²) < 4.78 is 10.8. The number of ether oxygens (including phenoxy) is 2. The molecule has 0 radical (unpaired) electrons. The van der Waals surface area contributed by atoms with Crippen molar-refractivity contribution in [3.05, 3.63) is 60.3 Å². The van der Waals surface area contributed by atoms with Crippen LogP contribution >= 0.6 is 0 Å². The van der Waals surface area contributed by atoms with Gasteiger partial charge in [0.1, 0.15) is 18.1 Å². The van der Waals surface area contributed by atoms with Gasteiger partial charge < -0.3 is 19.4 Å². The lowest BCUT2D eigenvalue weighted by Gasteiger charge is -2.17. The van der Waals surface area contributed by atoms with Crippen LogP contribution in [0.5, 0.6) is 11.5 Å². The second-order valence-corrected chi connectivity index (χ2v) is 6.20. The second kappa shape index (κ2) is 8.43. The van der Waals surface area contributed by atoms with Crippen LogP contribution in [0, 0.1) is 0 Å². The molecule has 5 heteroatoms. The molecule has 136 valence electrons. The Labute approximate surface area is 153 Å². The topological polar surface area (TPSA) is 54.6 Å². The Bertz CT molecular complexity index is 855. The maximum Gasteiger partial charge on any atom is 0.222 e. The predicted molar refractivity (Wildman–Crippen MR) is 103 cm³/mol. The third kappa shape index (κ3) is 4.36. The van der Waals surface area contributed by atoms with Crippen molar-refractivity contribution in [3.63, 3.8) is 0 Å². The highest BCUT2D eigenvalue weighted by Crippen LogP contribution is 2.19. The molecule has 1 aromatic heterocycles. The molecule has 0 atom stereocenters. The molecule has 3 rings (SSSR count). The van der Waals surface area contributed by atoms with Gasteiger partial charge in [-0.25, -0.2) is 0 Å². The number of methoxy groups -OCH3 is 1. The standard InChI is InChI=1S/C21H24N2O3/c1-23(13-14-26-18-10-8-17(25-2)9-11-18)21(24)12-7-16-15-22-20-6-4-3-5-19(16)20/h3-6,8-11,15,22H,7,12-14H2,1-2H3. The first-order valence-electron chi connectivity index (χ1n) is 8.73. The molecule has 1 amide bonds. The average Bonchev–Trinajstić information content (AvgIpc) is 3.09. The van der Waals surface area contributed by atoms with Crippen molar-refractivity contribution in [3.8, 4) is 11.5 Å². The summed E-state index contributed by atoms with van der Waals surface area (Å²) in [5, 5.41) is 1.19. The number of nitrogens with one attached hydrogen (secondary N) is 1. The highest BCUT2D eigenvalue weighted by atomic mass is 16.5. The fourth-order valence-corrected chi connectivity index (χ4v) is 2.87. The second-order valence-electron chi connectivity index (χ2n) is 6.20. The lowest BCUT2D eigenvalue weighted by molar-refractivity contribution is -0.130. The van der Waals surface area contributed by atoms with Crippen molar-refractivity contribution in [1.29, 1.82) is 0 Å². The Morgan fingerprint density at radius 1 is 1.08 bits per heavy atom. The number of carbonyl (C=O) groups is 1. The molecule has 0 spiro atoms. The van der Waals surface area contributed by atoms with E-state index in [0.717, 1.165) is 23.4 Å². The Morgan fingerprint density at radius 3 is 2.58 bits per heavy atom. The fourth-order valence-electron chi connectivity index (χ4n) is 2.87. The largest absolute Gasteiger partial charge is 0.497 e. The summed E-state index contributed by atoms with van der Waals surface area (Å²) in [5.74, 6) is 1.68. The number of para-hydroxylation sites is 1. The quantitative estimate of drug-likeness (QED) is 0.673. The monoisotopic (exact) mass is 352 g/mol. The van der Waals surface area contributed by atoms with Crippen LogP contribution in [0.4, 0.5) is 0 Å². The number of aromatic amines is 1. The van der Waals surface area contributed by atoms with E-state index in [4.69, 9.17) is 9.47 Å². The summed E-state index contributed by atoms with van der Waals surface area (Å²) in [7, 11) is 3.45. The number of carbonyl (C=O) groups excluding carboxylic acids is 1. The lowest BCUT2D eigenvalue weighted by Crippen LogP contribution is -2.31. The van der Waals surface area contributed by atoms with Crippen LogP contribution in [0.1, 0.15) is 12.0 Å². The number of amides is 1. The first-order valence-corrected chi connectivity index (χ1v) is 8.73. The van der Waals surface area contributed by atoms with E-state index >= 15 is 0 Å². The smallest absolute Gasteiger partial charge is 0.222 e. The molecule has 2 aromatic carbocycles. The molecule has 0 saturated heterocycles. The number of rotatable bonds is 8. The first kappa shape index (κ1) is 17.9. The zero-order valence-corrected chi connectivity index (χ0v) is 15.2. The van der Waals surface area contributed by atoms with E-state index in [1.807, 2.05) is 55.7 Å². The molecule has 1 heterocycles. The van der Waals surface area contributed by atoms with E-state index in [9.17, 15) is 4.79 Å². The zero-order chi connectivity index (χ0) is 18.4. The Morgan fingerprint density at radius 2 is 1.81 bits per heavy atom. The van der Waals surface area contributed by atoms with Crippen molar-refractivity contribution in [1.82, 2.24) is 9.88 Å². The van der Waals surface area contributed by atoms with E-state index in [1.165, 1.54) is 10.9 Å². The van der Waals surface area contributed by atoms with E-state index in [0.29, 0.717) is 19.6 Å². The van der Waals surface area contributed by atoms with Crippen LogP contribution in [-0.4, -0.2) is 43.1 Å². The van der Waals surface area contributed by atoms with Gasteiger partial charge in [-0.1, -0.05) is 18.2 Å². The molecule has 26 heavy (non-hydrogen) atoms. The third-order valence-electron chi connectivity index (χ3n) is 4.46. The molecule has 0 aliphatic heterocycles. The predicted octanol–water partition coefficient (Wildman–Crippen LogP) is 3.65. The minimum absolute atomic E-state index is 0.119.